The smallest absolute Gasteiger partial charge is 0.232 e. The van der Waals surface area contributed by atoms with Gasteiger partial charge in [0.1, 0.15) is 0 Å². The maximum absolute atomic E-state index is 12.5. The quantitative estimate of drug-likeness (QED) is 0.796. The number of halogens is 1. The molecular weight excluding hydrogens is 292 g/mol. The van der Waals surface area contributed by atoms with Gasteiger partial charge in [-0.2, -0.15) is 0 Å². The summed E-state index contributed by atoms with van der Waals surface area (Å²) >= 11 is 3.46. The maximum atomic E-state index is 12.5. The molecule has 18 heavy (non-hydrogen) atoms. The Hall–Kier alpha value is -1.03. The summed E-state index contributed by atoms with van der Waals surface area (Å²) < 4.78 is 0.998. The molecule has 0 saturated heterocycles. The topological polar surface area (TPSA) is 32.3 Å². The van der Waals surface area contributed by atoms with Crippen LogP contribution >= 0.6 is 15.9 Å². The Labute approximate surface area is 116 Å². The van der Waals surface area contributed by atoms with Crippen LogP contribution in [0.15, 0.2) is 22.7 Å². The first-order chi connectivity index (χ1) is 8.61. The lowest BCUT2D eigenvalue weighted by atomic mass is 9.85. The van der Waals surface area contributed by atoms with E-state index in [2.05, 4.69) is 39.3 Å². The zero-order valence-electron chi connectivity index (χ0n) is 10.5. The summed E-state index contributed by atoms with van der Waals surface area (Å²) in [6.45, 7) is 0.827. The number of carbonyl (C=O) groups is 1. The molecule has 2 aliphatic rings. The van der Waals surface area contributed by atoms with Gasteiger partial charge in [0.2, 0.25) is 5.91 Å². The molecule has 0 bridgehead atoms. The van der Waals surface area contributed by atoms with E-state index in [-0.39, 0.29) is 11.3 Å². The maximum Gasteiger partial charge on any atom is 0.232 e. The first-order valence-electron chi connectivity index (χ1n) is 6.43. The molecule has 0 unspecified atom stereocenters. The van der Waals surface area contributed by atoms with Gasteiger partial charge in [-0.15, -0.1) is 0 Å². The van der Waals surface area contributed by atoms with Crippen molar-refractivity contribution < 1.29 is 4.79 Å². The van der Waals surface area contributed by atoms with E-state index in [4.69, 9.17) is 0 Å². The van der Waals surface area contributed by atoms with Gasteiger partial charge in [0.05, 0.1) is 16.8 Å². The standard InChI is InChI=1S/C14H17BrN2O/c1-17-9-14(6-2-3-7-14)13(18)16-11-8-10(15)4-5-12(11)17/h4-5,8H,2-3,6-7,9H2,1H3,(H,16,18). The van der Waals surface area contributed by atoms with Gasteiger partial charge in [0.25, 0.3) is 0 Å². The molecule has 0 atom stereocenters. The minimum atomic E-state index is -0.180. The molecule has 1 heterocycles. The summed E-state index contributed by atoms with van der Waals surface area (Å²) in [7, 11) is 2.08. The number of rotatable bonds is 0. The number of hydrogen-bond acceptors (Lipinski definition) is 2. The highest BCUT2D eigenvalue weighted by molar-refractivity contribution is 9.10. The van der Waals surface area contributed by atoms with E-state index in [1.165, 1.54) is 12.8 Å². The molecule has 3 rings (SSSR count). The molecule has 1 spiro atoms. The third-order valence-electron chi connectivity index (χ3n) is 4.20. The van der Waals surface area contributed by atoms with Crippen LogP contribution in [-0.2, 0) is 4.79 Å². The van der Waals surface area contributed by atoms with Crippen LogP contribution < -0.4 is 10.2 Å². The van der Waals surface area contributed by atoms with E-state index in [1.807, 2.05) is 12.1 Å². The van der Waals surface area contributed by atoms with Crippen LogP contribution in [0.1, 0.15) is 25.7 Å². The second-order valence-electron chi connectivity index (χ2n) is 5.46. The van der Waals surface area contributed by atoms with Crippen molar-refractivity contribution in [2.45, 2.75) is 25.7 Å². The van der Waals surface area contributed by atoms with E-state index < -0.39 is 0 Å². The Morgan fingerprint density at radius 3 is 2.78 bits per heavy atom. The third kappa shape index (κ3) is 1.83. The van der Waals surface area contributed by atoms with E-state index in [0.29, 0.717) is 0 Å². The SMILES string of the molecule is CN1CC2(CCCC2)C(=O)Nc2cc(Br)ccc21. The molecule has 1 fully saturated rings. The van der Waals surface area contributed by atoms with Gasteiger partial charge >= 0.3 is 0 Å². The van der Waals surface area contributed by atoms with Crippen molar-refractivity contribution in [3.8, 4) is 0 Å². The van der Waals surface area contributed by atoms with Crippen molar-refractivity contribution in [1.82, 2.24) is 0 Å². The molecule has 3 nitrogen and oxygen atoms in total. The average Bonchev–Trinajstić information content (AvgIpc) is 2.75. The summed E-state index contributed by atoms with van der Waals surface area (Å²) in [5.74, 6) is 0.198. The molecule has 1 aliphatic heterocycles. The number of carbonyl (C=O) groups excluding carboxylic acids is 1. The van der Waals surface area contributed by atoms with Crippen molar-refractivity contribution in [1.29, 1.82) is 0 Å². The third-order valence-corrected chi connectivity index (χ3v) is 4.69. The van der Waals surface area contributed by atoms with Crippen LogP contribution in [-0.4, -0.2) is 19.5 Å². The van der Waals surface area contributed by atoms with Gasteiger partial charge in [-0.1, -0.05) is 28.8 Å². The van der Waals surface area contributed by atoms with E-state index in [1.54, 1.807) is 0 Å². The number of hydrogen-bond donors (Lipinski definition) is 1. The van der Waals surface area contributed by atoms with Crippen LogP contribution in [0.5, 0.6) is 0 Å². The average molecular weight is 309 g/mol. The van der Waals surface area contributed by atoms with Crippen LogP contribution in [0.3, 0.4) is 0 Å². The minimum absolute atomic E-state index is 0.180. The molecule has 1 aromatic rings. The first kappa shape index (κ1) is 12.0. The fourth-order valence-electron chi connectivity index (χ4n) is 3.24. The molecule has 1 saturated carbocycles. The number of nitrogens with zero attached hydrogens (tertiary/aromatic N) is 1. The lowest BCUT2D eigenvalue weighted by molar-refractivity contribution is -0.124. The zero-order valence-corrected chi connectivity index (χ0v) is 12.1. The predicted molar refractivity (Wildman–Crippen MR) is 76.9 cm³/mol. The van der Waals surface area contributed by atoms with Crippen molar-refractivity contribution in [2.24, 2.45) is 5.41 Å². The van der Waals surface area contributed by atoms with Crippen molar-refractivity contribution >= 4 is 33.2 Å². The lowest BCUT2D eigenvalue weighted by Gasteiger charge is -2.29. The second kappa shape index (κ2) is 4.26. The number of nitrogens with one attached hydrogen (secondary N) is 1. The van der Waals surface area contributed by atoms with Gasteiger partial charge in [0.15, 0.2) is 0 Å². The Balaban J connectivity index is 2.03. The molecule has 1 aromatic carbocycles. The van der Waals surface area contributed by atoms with Crippen LogP contribution in [0.25, 0.3) is 0 Å². The van der Waals surface area contributed by atoms with E-state index in [9.17, 15) is 4.79 Å². The molecule has 0 radical (unpaired) electrons. The van der Waals surface area contributed by atoms with Gasteiger partial charge in [-0.05, 0) is 31.0 Å². The Morgan fingerprint density at radius 1 is 1.33 bits per heavy atom. The van der Waals surface area contributed by atoms with Gasteiger partial charge < -0.3 is 10.2 Å². The van der Waals surface area contributed by atoms with Crippen molar-refractivity contribution in [3.63, 3.8) is 0 Å². The molecule has 96 valence electrons. The minimum Gasteiger partial charge on any atom is -0.372 e. The highest BCUT2D eigenvalue weighted by Crippen LogP contribution is 2.44. The van der Waals surface area contributed by atoms with E-state index >= 15 is 0 Å². The molecule has 0 aromatic heterocycles. The zero-order chi connectivity index (χ0) is 12.8. The summed E-state index contributed by atoms with van der Waals surface area (Å²) in [4.78, 5) is 14.7. The van der Waals surface area contributed by atoms with Crippen molar-refractivity contribution in [3.05, 3.63) is 22.7 Å². The number of anilines is 2. The van der Waals surface area contributed by atoms with Gasteiger partial charge in [0, 0.05) is 18.1 Å². The fourth-order valence-corrected chi connectivity index (χ4v) is 3.61. The normalized spacial score (nSPS) is 21.7. The summed E-state index contributed by atoms with van der Waals surface area (Å²) in [6, 6.07) is 6.07. The molecule has 1 amide bonds. The highest BCUT2D eigenvalue weighted by atomic mass is 79.9. The summed E-state index contributed by atoms with van der Waals surface area (Å²) in [5, 5.41) is 3.12. The Morgan fingerprint density at radius 2 is 2.06 bits per heavy atom. The first-order valence-corrected chi connectivity index (χ1v) is 7.22. The second-order valence-corrected chi connectivity index (χ2v) is 6.37. The van der Waals surface area contributed by atoms with Gasteiger partial charge in [-0.3, -0.25) is 4.79 Å². The van der Waals surface area contributed by atoms with Crippen LogP contribution in [0, 0.1) is 5.41 Å². The number of amides is 1. The molecule has 1 aliphatic carbocycles. The lowest BCUT2D eigenvalue weighted by Crippen LogP contribution is -2.40. The van der Waals surface area contributed by atoms with E-state index in [0.717, 1.165) is 35.2 Å². The van der Waals surface area contributed by atoms with Crippen molar-refractivity contribution in [2.75, 3.05) is 23.8 Å². The largest absolute Gasteiger partial charge is 0.372 e. The molecular formula is C14H17BrN2O. The fraction of sp³-hybridized carbons (Fsp3) is 0.500. The molecule has 4 heteroatoms. The number of fused-ring (bicyclic) bond motifs is 1. The Kier molecular flexibility index (Phi) is 2.85. The highest BCUT2D eigenvalue weighted by Gasteiger charge is 2.44. The Bertz CT molecular complexity index is 495. The molecule has 1 N–H and O–H groups in total. The predicted octanol–water partition coefficient (Wildman–Crippen LogP) is 3.40. The number of benzene rings is 1. The van der Waals surface area contributed by atoms with Gasteiger partial charge in [-0.25, -0.2) is 0 Å². The van der Waals surface area contributed by atoms with Crippen LogP contribution in [0.2, 0.25) is 0 Å². The summed E-state index contributed by atoms with van der Waals surface area (Å²) in [5.41, 5.74) is 1.84. The van der Waals surface area contributed by atoms with Crippen LogP contribution in [0.4, 0.5) is 11.4 Å². The monoisotopic (exact) mass is 308 g/mol. The summed E-state index contributed by atoms with van der Waals surface area (Å²) in [6.07, 6.45) is 4.36.